The van der Waals surface area contributed by atoms with Crippen LogP contribution in [0, 0.1) is 0 Å². The third kappa shape index (κ3) is 3.73. The zero-order valence-corrected chi connectivity index (χ0v) is 10.6. The van der Waals surface area contributed by atoms with Gasteiger partial charge in [-0.1, -0.05) is 0 Å². The van der Waals surface area contributed by atoms with Gasteiger partial charge in [0, 0.05) is 19.2 Å². The Morgan fingerprint density at radius 2 is 2.06 bits per heavy atom. The van der Waals surface area contributed by atoms with Gasteiger partial charge in [0.2, 0.25) is 0 Å². The molecule has 0 radical (unpaired) electrons. The van der Waals surface area contributed by atoms with Crippen LogP contribution < -0.4 is 0 Å². The average Bonchev–Trinajstić information content (AvgIpc) is 2.65. The molecule has 3 nitrogen and oxygen atoms in total. The molecule has 16 heavy (non-hydrogen) atoms. The second-order valence-corrected chi connectivity index (χ2v) is 4.47. The molecule has 0 spiro atoms. The number of allylic oxidation sites excluding steroid dienone is 1. The Hall–Kier alpha value is -0.650. The van der Waals surface area contributed by atoms with Crippen molar-refractivity contribution >= 4 is 21.9 Å². The molecule has 0 saturated carbocycles. The maximum Gasteiger partial charge on any atom is 0.341 e. The first-order chi connectivity index (χ1) is 7.45. The molecule has 0 unspecified atom stereocenters. The molecule has 0 aromatic heterocycles. The van der Waals surface area contributed by atoms with Crippen molar-refractivity contribution in [1.29, 1.82) is 0 Å². The third-order valence-electron chi connectivity index (χ3n) is 2.28. The van der Waals surface area contributed by atoms with Gasteiger partial charge < -0.3 is 9.64 Å². The van der Waals surface area contributed by atoms with E-state index in [2.05, 4.69) is 20.7 Å². The maximum atomic E-state index is 13.2. The minimum Gasteiger partial charge on any atom is -0.463 e. The highest BCUT2D eigenvalue weighted by Crippen LogP contribution is 2.34. The van der Waals surface area contributed by atoms with Crippen LogP contribution in [0.3, 0.4) is 0 Å². The molecule has 1 heterocycles. The lowest BCUT2D eigenvalue weighted by Gasteiger charge is -2.24. The van der Waals surface area contributed by atoms with Gasteiger partial charge in [-0.15, -0.1) is 0 Å². The second-order valence-electron chi connectivity index (χ2n) is 3.47. The SMILES string of the molecule is CCOC(=O)/C=C(\N1CCCC1)C(F)(F)Br. The van der Waals surface area contributed by atoms with Crippen LogP contribution in [0.5, 0.6) is 0 Å². The Morgan fingerprint density at radius 1 is 1.50 bits per heavy atom. The summed E-state index contributed by atoms with van der Waals surface area (Å²) >= 11 is 2.28. The molecule has 1 aliphatic rings. The predicted octanol–water partition coefficient (Wildman–Crippen LogP) is 2.52. The molecule has 1 fully saturated rings. The predicted molar refractivity (Wildman–Crippen MR) is 59.4 cm³/mol. The molecule has 1 aliphatic heterocycles. The lowest BCUT2D eigenvalue weighted by molar-refractivity contribution is -0.137. The third-order valence-corrected chi connectivity index (χ3v) is 2.68. The molecule has 92 valence electrons. The number of carbonyl (C=O) groups is 1. The topological polar surface area (TPSA) is 29.5 Å². The first kappa shape index (κ1) is 13.4. The van der Waals surface area contributed by atoms with Gasteiger partial charge in [0.15, 0.2) is 0 Å². The number of hydrogen-bond acceptors (Lipinski definition) is 3. The van der Waals surface area contributed by atoms with Crippen LogP contribution in [0.4, 0.5) is 8.78 Å². The van der Waals surface area contributed by atoms with Crippen LogP contribution in [0.2, 0.25) is 0 Å². The number of carbonyl (C=O) groups excluding carboxylic acids is 1. The van der Waals surface area contributed by atoms with E-state index in [1.54, 1.807) is 6.92 Å². The molecule has 0 aromatic carbocycles. The fourth-order valence-corrected chi connectivity index (χ4v) is 1.97. The van der Waals surface area contributed by atoms with Crippen LogP contribution in [-0.2, 0) is 9.53 Å². The van der Waals surface area contributed by atoms with Gasteiger partial charge in [0.05, 0.1) is 6.61 Å². The minimum atomic E-state index is -3.19. The van der Waals surface area contributed by atoms with Crippen molar-refractivity contribution in [2.24, 2.45) is 0 Å². The lowest BCUT2D eigenvalue weighted by Crippen LogP contribution is -2.29. The first-order valence-corrected chi connectivity index (χ1v) is 5.95. The summed E-state index contributed by atoms with van der Waals surface area (Å²) in [5.41, 5.74) is -0.316. The molecule has 1 saturated heterocycles. The zero-order chi connectivity index (χ0) is 12.2. The average molecular weight is 298 g/mol. The fraction of sp³-hybridized carbons (Fsp3) is 0.700. The molecule has 0 aromatic rings. The maximum absolute atomic E-state index is 13.2. The Bertz CT molecular complexity index is 283. The van der Waals surface area contributed by atoms with Crippen LogP contribution in [-0.4, -0.2) is 35.4 Å². The molecule has 0 aliphatic carbocycles. The number of likely N-dealkylation sites (tertiary alicyclic amines) is 1. The minimum absolute atomic E-state index is 0.177. The van der Waals surface area contributed by atoms with Gasteiger partial charge in [-0.2, -0.15) is 8.78 Å². The van der Waals surface area contributed by atoms with Crippen molar-refractivity contribution < 1.29 is 18.3 Å². The number of nitrogens with zero attached hydrogens (tertiary/aromatic N) is 1. The van der Waals surface area contributed by atoms with Crippen molar-refractivity contribution in [3.63, 3.8) is 0 Å². The Morgan fingerprint density at radius 3 is 2.50 bits per heavy atom. The summed E-state index contributed by atoms with van der Waals surface area (Å²) < 4.78 is 31.1. The molecular formula is C10H14BrF2NO2. The van der Waals surface area contributed by atoms with Crippen LogP contribution in [0.25, 0.3) is 0 Å². The number of ether oxygens (including phenoxy) is 1. The van der Waals surface area contributed by atoms with Crippen molar-refractivity contribution in [3.05, 3.63) is 11.8 Å². The fourth-order valence-electron chi connectivity index (χ4n) is 1.61. The van der Waals surface area contributed by atoms with Crippen LogP contribution in [0.15, 0.2) is 11.8 Å². The lowest BCUT2D eigenvalue weighted by atomic mass is 10.3. The van der Waals surface area contributed by atoms with E-state index >= 15 is 0 Å². The first-order valence-electron chi connectivity index (χ1n) is 5.15. The zero-order valence-electron chi connectivity index (χ0n) is 9.01. The molecule has 6 heteroatoms. The van der Waals surface area contributed by atoms with Gasteiger partial charge >= 0.3 is 10.8 Å². The van der Waals surface area contributed by atoms with E-state index in [1.165, 1.54) is 4.90 Å². The molecule has 0 atom stereocenters. The highest BCUT2D eigenvalue weighted by Gasteiger charge is 2.36. The van der Waals surface area contributed by atoms with E-state index < -0.39 is 10.8 Å². The van der Waals surface area contributed by atoms with E-state index in [9.17, 15) is 13.6 Å². The summed E-state index contributed by atoms with van der Waals surface area (Å²) in [5.74, 6) is -0.733. The van der Waals surface area contributed by atoms with Gasteiger partial charge in [0.1, 0.15) is 5.70 Å². The number of rotatable bonds is 4. The smallest absolute Gasteiger partial charge is 0.341 e. The summed E-state index contributed by atoms with van der Waals surface area (Å²) in [6, 6.07) is 0. The van der Waals surface area contributed by atoms with E-state index in [0.29, 0.717) is 13.1 Å². The van der Waals surface area contributed by atoms with E-state index in [4.69, 9.17) is 0 Å². The van der Waals surface area contributed by atoms with Crippen molar-refractivity contribution in [1.82, 2.24) is 4.90 Å². The van der Waals surface area contributed by atoms with Gasteiger partial charge in [-0.25, -0.2) is 4.79 Å². The molecule has 1 rings (SSSR count). The Kier molecular flexibility index (Phi) is 4.70. The quantitative estimate of drug-likeness (QED) is 0.454. The largest absolute Gasteiger partial charge is 0.463 e. The summed E-state index contributed by atoms with van der Waals surface area (Å²) in [6.07, 6.45) is 2.59. The molecular weight excluding hydrogens is 284 g/mol. The highest BCUT2D eigenvalue weighted by atomic mass is 79.9. The Labute approximate surface area is 102 Å². The van der Waals surface area contributed by atoms with Gasteiger partial charge in [0.25, 0.3) is 0 Å². The number of alkyl halides is 3. The monoisotopic (exact) mass is 297 g/mol. The molecule has 0 amide bonds. The second kappa shape index (κ2) is 5.61. The molecule has 0 N–H and O–H groups in total. The van der Waals surface area contributed by atoms with E-state index in [-0.39, 0.29) is 12.3 Å². The summed E-state index contributed by atoms with van der Waals surface area (Å²) in [5, 5.41) is 0. The summed E-state index contributed by atoms with van der Waals surface area (Å²) in [4.78, 5) is 9.49. The summed E-state index contributed by atoms with van der Waals surface area (Å²) in [7, 11) is 0. The standard InChI is InChI=1S/C10H14BrF2NO2/c1-2-16-9(15)7-8(10(11,12)13)14-5-3-4-6-14/h7H,2-6H2,1H3/b8-7-. The normalized spacial score (nSPS) is 17.8. The highest BCUT2D eigenvalue weighted by molar-refractivity contribution is 9.10. The van der Waals surface area contributed by atoms with Crippen LogP contribution in [0.1, 0.15) is 19.8 Å². The Balaban J connectivity index is 2.82. The van der Waals surface area contributed by atoms with E-state index in [0.717, 1.165) is 18.9 Å². The number of esters is 1. The number of hydrogen-bond donors (Lipinski definition) is 0. The van der Waals surface area contributed by atoms with Crippen LogP contribution >= 0.6 is 15.9 Å². The van der Waals surface area contributed by atoms with Gasteiger partial charge in [-0.3, -0.25) is 0 Å². The number of halogens is 3. The molecule has 0 bridgehead atoms. The van der Waals surface area contributed by atoms with Crippen molar-refractivity contribution in [2.45, 2.75) is 24.6 Å². The van der Waals surface area contributed by atoms with E-state index in [1.807, 2.05) is 0 Å². The van der Waals surface area contributed by atoms with Gasteiger partial charge in [-0.05, 0) is 35.7 Å². The summed E-state index contributed by atoms with van der Waals surface area (Å²) in [6.45, 7) is 2.91. The van der Waals surface area contributed by atoms with Crippen molar-refractivity contribution in [3.8, 4) is 0 Å². The van der Waals surface area contributed by atoms with Crippen molar-refractivity contribution in [2.75, 3.05) is 19.7 Å².